The molecular weight excluding hydrogens is 493 g/mol. The molecule has 0 bridgehead atoms. The van der Waals surface area contributed by atoms with Crippen LogP contribution in [0.15, 0.2) is 60.7 Å². The third kappa shape index (κ3) is 5.30. The quantitative estimate of drug-likeness (QED) is 0.227. The molecule has 0 saturated carbocycles. The van der Waals surface area contributed by atoms with Gasteiger partial charge in [-0.05, 0) is 42.8 Å². The number of nitrogens with zero attached hydrogens (tertiary/aromatic N) is 5. The summed E-state index contributed by atoms with van der Waals surface area (Å²) in [5.74, 6) is -1.07. The van der Waals surface area contributed by atoms with E-state index in [1.807, 2.05) is 55.5 Å². The number of hydrogen-bond donors (Lipinski definition) is 1. The summed E-state index contributed by atoms with van der Waals surface area (Å²) >= 11 is 0. The Morgan fingerprint density at radius 1 is 0.897 bits per heavy atom. The molecular formula is C28H29B2FN6O2. The SMILES string of the molecule is Bc1nc(N2CCN(c3ccc(NC(=O)C(=O)c4c(-c5ccccc5)cc(C)n4C)cc3)CC2)nc(B)c1F. The summed E-state index contributed by atoms with van der Waals surface area (Å²) in [4.78, 5) is 39.1. The molecule has 1 fully saturated rings. The van der Waals surface area contributed by atoms with Crippen molar-refractivity contribution in [3.63, 3.8) is 0 Å². The Morgan fingerprint density at radius 2 is 1.49 bits per heavy atom. The van der Waals surface area contributed by atoms with Gasteiger partial charge < -0.3 is 19.7 Å². The number of rotatable bonds is 6. The number of benzene rings is 2. The molecule has 5 rings (SSSR count). The number of nitrogens with one attached hydrogen (secondary N) is 1. The molecule has 0 atom stereocenters. The Balaban J connectivity index is 1.23. The van der Waals surface area contributed by atoms with Gasteiger partial charge in [-0.25, -0.2) is 14.4 Å². The number of amides is 1. The highest BCUT2D eigenvalue weighted by Crippen LogP contribution is 2.28. The van der Waals surface area contributed by atoms with Gasteiger partial charge in [-0.3, -0.25) is 9.59 Å². The average molecular weight is 522 g/mol. The van der Waals surface area contributed by atoms with E-state index in [0.717, 1.165) is 35.6 Å². The fourth-order valence-electron chi connectivity index (χ4n) is 4.89. The second kappa shape index (κ2) is 10.8. The molecule has 1 amide bonds. The van der Waals surface area contributed by atoms with Crippen molar-refractivity contribution in [1.82, 2.24) is 14.5 Å². The number of aryl methyl sites for hydroxylation is 1. The lowest BCUT2D eigenvalue weighted by atomic mass is 9.96. The normalized spacial score (nSPS) is 13.4. The Hall–Kier alpha value is -4.40. The highest BCUT2D eigenvalue weighted by molar-refractivity contribution is 6.47. The molecule has 0 spiro atoms. The number of carbonyl (C=O) groups excluding carboxylic acids is 2. The minimum Gasteiger partial charge on any atom is -0.368 e. The van der Waals surface area contributed by atoms with Gasteiger partial charge in [-0.15, -0.1) is 0 Å². The maximum atomic E-state index is 13.9. The number of piperazine rings is 1. The molecule has 0 radical (unpaired) electrons. The lowest BCUT2D eigenvalue weighted by Gasteiger charge is -2.36. The highest BCUT2D eigenvalue weighted by Gasteiger charge is 2.25. The lowest BCUT2D eigenvalue weighted by Crippen LogP contribution is -2.48. The average Bonchev–Trinajstić information content (AvgIpc) is 3.25. The number of halogens is 1. The minimum absolute atomic E-state index is 0.356. The molecule has 3 heterocycles. The summed E-state index contributed by atoms with van der Waals surface area (Å²) in [6, 6.07) is 19.0. The number of aromatic nitrogens is 3. The topological polar surface area (TPSA) is 83.4 Å². The molecule has 1 aliphatic rings. The maximum Gasteiger partial charge on any atom is 0.298 e. The van der Waals surface area contributed by atoms with E-state index in [0.29, 0.717) is 41.6 Å². The van der Waals surface area contributed by atoms with Crippen molar-refractivity contribution in [3.8, 4) is 11.1 Å². The van der Waals surface area contributed by atoms with Gasteiger partial charge in [0.25, 0.3) is 11.7 Å². The Bertz CT molecular complexity index is 1510. The van der Waals surface area contributed by atoms with E-state index < -0.39 is 11.7 Å². The first-order valence-corrected chi connectivity index (χ1v) is 12.9. The monoisotopic (exact) mass is 522 g/mol. The lowest BCUT2D eigenvalue weighted by molar-refractivity contribution is -0.112. The van der Waals surface area contributed by atoms with Crippen LogP contribution in [-0.2, 0) is 11.8 Å². The molecule has 8 nitrogen and oxygen atoms in total. The fraction of sp³-hybridized carbons (Fsp3) is 0.214. The first-order valence-electron chi connectivity index (χ1n) is 12.9. The second-order valence-electron chi connectivity index (χ2n) is 9.79. The van der Waals surface area contributed by atoms with E-state index in [4.69, 9.17) is 0 Å². The van der Waals surface area contributed by atoms with E-state index >= 15 is 0 Å². The predicted octanol–water partition coefficient (Wildman–Crippen LogP) is 0.594. The summed E-state index contributed by atoms with van der Waals surface area (Å²) in [5.41, 5.74) is 5.15. The number of hydrogen-bond acceptors (Lipinski definition) is 6. The Morgan fingerprint density at radius 3 is 2.10 bits per heavy atom. The van der Waals surface area contributed by atoms with Crippen molar-refractivity contribution in [2.24, 2.45) is 7.05 Å². The predicted molar refractivity (Wildman–Crippen MR) is 158 cm³/mol. The van der Waals surface area contributed by atoms with Crippen LogP contribution in [0.3, 0.4) is 0 Å². The maximum absolute atomic E-state index is 13.9. The fourth-order valence-corrected chi connectivity index (χ4v) is 4.89. The zero-order chi connectivity index (χ0) is 27.7. The van der Waals surface area contributed by atoms with Crippen molar-refractivity contribution < 1.29 is 14.0 Å². The number of Topliss-reactive ketones (excluding diaryl/α,β-unsaturated/α-hetero) is 1. The largest absolute Gasteiger partial charge is 0.368 e. The van der Waals surface area contributed by atoms with E-state index in [-0.39, 0.29) is 5.82 Å². The van der Waals surface area contributed by atoms with Crippen LogP contribution in [0.4, 0.5) is 21.7 Å². The first-order chi connectivity index (χ1) is 18.7. The van der Waals surface area contributed by atoms with Crippen LogP contribution in [0.5, 0.6) is 0 Å². The van der Waals surface area contributed by atoms with Gasteiger partial charge in [0, 0.05) is 67.0 Å². The second-order valence-corrected chi connectivity index (χ2v) is 9.79. The van der Waals surface area contributed by atoms with Crippen LogP contribution in [0.2, 0.25) is 0 Å². The van der Waals surface area contributed by atoms with Gasteiger partial charge in [0.05, 0.1) is 0 Å². The molecule has 39 heavy (non-hydrogen) atoms. The van der Waals surface area contributed by atoms with Crippen LogP contribution >= 0.6 is 0 Å². The molecule has 2 aromatic heterocycles. The van der Waals surface area contributed by atoms with E-state index in [1.54, 1.807) is 39.4 Å². The van der Waals surface area contributed by atoms with Gasteiger partial charge in [0.1, 0.15) is 11.5 Å². The van der Waals surface area contributed by atoms with Gasteiger partial charge >= 0.3 is 0 Å². The molecule has 4 aromatic rings. The summed E-state index contributed by atoms with van der Waals surface area (Å²) in [7, 11) is 5.10. The molecule has 1 saturated heterocycles. The minimum atomic E-state index is -0.681. The molecule has 196 valence electrons. The van der Waals surface area contributed by atoms with Gasteiger partial charge in [-0.1, -0.05) is 30.3 Å². The standard InChI is InChI=1S/C28H29B2FN6O2/c1-17-16-21(18-6-4-3-5-7-18)23(35(17)2)24(38)27(39)32-19-8-10-20(11-9-19)36-12-14-37(15-13-36)28-33-25(29)22(31)26(30)34-28/h3-11,16H,12-15,29-30H2,1-2H3,(H,32,39). The van der Waals surface area contributed by atoms with E-state index in [9.17, 15) is 14.0 Å². The number of anilines is 3. The Labute approximate surface area is 228 Å². The number of ketones is 1. The van der Waals surface area contributed by atoms with Crippen LogP contribution in [0.1, 0.15) is 16.2 Å². The van der Waals surface area contributed by atoms with Crippen LogP contribution in [0.25, 0.3) is 11.1 Å². The third-order valence-corrected chi connectivity index (χ3v) is 7.20. The summed E-state index contributed by atoms with van der Waals surface area (Å²) in [6.45, 7) is 4.82. The van der Waals surface area contributed by atoms with Gasteiger partial charge in [0.15, 0.2) is 15.7 Å². The van der Waals surface area contributed by atoms with E-state index in [1.165, 1.54) is 0 Å². The van der Waals surface area contributed by atoms with Crippen LogP contribution in [0, 0.1) is 12.7 Å². The molecule has 11 heteroatoms. The molecule has 0 aliphatic carbocycles. The highest BCUT2D eigenvalue weighted by atomic mass is 19.1. The van der Waals surface area contributed by atoms with E-state index in [2.05, 4.69) is 25.1 Å². The molecule has 1 aliphatic heterocycles. The molecule has 2 aromatic carbocycles. The summed E-state index contributed by atoms with van der Waals surface area (Å²) < 4.78 is 15.7. The molecule has 1 N–H and O–H groups in total. The van der Waals surface area contributed by atoms with Crippen LogP contribution < -0.4 is 26.3 Å². The summed E-state index contributed by atoms with van der Waals surface area (Å²) in [6.07, 6.45) is 0. The number of carbonyl (C=O) groups is 2. The van der Waals surface area contributed by atoms with Crippen molar-refractivity contribution in [2.75, 3.05) is 41.3 Å². The van der Waals surface area contributed by atoms with Crippen molar-refractivity contribution in [2.45, 2.75) is 6.92 Å². The van der Waals surface area contributed by atoms with Crippen molar-refractivity contribution in [3.05, 3.63) is 77.9 Å². The van der Waals surface area contributed by atoms with Crippen molar-refractivity contribution >= 4 is 55.9 Å². The zero-order valence-corrected chi connectivity index (χ0v) is 22.5. The summed E-state index contributed by atoms with van der Waals surface area (Å²) in [5, 5.41) is 2.75. The first kappa shape index (κ1) is 26.2. The van der Waals surface area contributed by atoms with Gasteiger partial charge in [-0.2, -0.15) is 0 Å². The van der Waals surface area contributed by atoms with Crippen molar-refractivity contribution in [1.29, 1.82) is 0 Å². The third-order valence-electron chi connectivity index (χ3n) is 7.20. The smallest absolute Gasteiger partial charge is 0.298 e. The zero-order valence-electron chi connectivity index (χ0n) is 22.5. The van der Waals surface area contributed by atoms with Gasteiger partial charge in [0.2, 0.25) is 5.95 Å². The Kier molecular flexibility index (Phi) is 7.24. The molecule has 0 unspecified atom stereocenters. The van der Waals surface area contributed by atoms with Crippen LogP contribution in [-0.4, -0.2) is 68.1 Å².